The van der Waals surface area contributed by atoms with Crippen molar-refractivity contribution < 1.29 is 9.59 Å². The van der Waals surface area contributed by atoms with Crippen molar-refractivity contribution in [1.82, 2.24) is 5.32 Å². The van der Waals surface area contributed by atoms with Crippen LogP contribution in [0, 0.1) is 6.92 Å². The van der Waals surface area contributed by atoms with Gasteiger partial charge >= 0.3 is 0 Å². The molecule has 0 atom stereocenters. The number of carbonyl (C=O) groups excluding carboxylic acids is 2. The van der Waals surface area contributed by atoms with Crippen molar-refractivity contribution in [2.75, 3.05) is 6.54 Å². The number of amides is 2. The first kappa shape index (κ1) is 12.5. The molecule has 0 fully saturated rings. The van der Waals surface area contributed by atoms with Gasteiger partial charge in [-0.25, -0.2) is 0 Å². The number of nitrogens with two attached hydrogens (primary N) is 1. The summed E-state index contributed by atoms with van der Waals surface area (Å²) in [5, 5.41) is 3.14. The van der Waals surface area contributed by atoms with Gasteiger partial charge in [0.25, 0.3) is 5.91 Å². The Morgan fingerprint density at radius 1 is 1.44 bits per heavy atom. The van der Waals surface area contributed by atoms with Gasteiger partial charge in [-0.3, -0.25) is 9.59 Å². The van der Waals surface area contributed by atoms with E-state index in [-0.39, 0.29) is 18.9 Å². The second kappa shape index (κ2) is 5.51. The molecule has 1 aromatic carbocycles. The number of primary amides is 1. The largest absolute Gasteiger partial charge is 0.370 e. The zero-order valence-electron chi connectivity index (χ0n) is 8.92. The summed E-state index contributed by atoms with van der Waals surface area (Å²) in [6.07, 6.45) is 0.130. The Balaban J connectivity index is 2.66. The van der Waals surface area contributed by atoms with E-state index in [1.165, 1.54) is 0 Å². The van der Waals surface area contributed by atoms with Crippen LogP contribution in [0.4, 0.5) is 0 Å². The fourth-order valence-electron chi connectivity index (χ4n) is 1.25. The maximum absolute atomic E-state index is 11.7. The molecule has 1 rings (SSSR count). The fraction of sp³-hybridized carbons (Fsp3) is 0.273. The molecule has 2 amide bonds. The predicted molar refractivity (Wildman–Crippen MR) is 62.3 cm³/mol. The van der Waals surface area contributed by atoms with Gasteiger partial charge in [0, 0.05) is 23.6 Å². The molecule has 3 N–H and O–H groups in total. The lowest BCUT2D eigenvalue weighted by molar-refractivity contribution is -0.117. The summed E-state index contributed by atoms with van der Waals surface area (Å²) >= 11 is 5.89. The zero-order chi connectivity index (χ0) is 12.1. The minimum atomic E-state index is -0.442. The van der Waals surface area contributed by atoms with Gasteiger partial charge in [-0.05, 0) is 24.6 Å². The molecule has 0 saturated carbocycles. The van der Waals surface area contributed by atoms with Crippen LogP contribution in [0.25, 0.3) is 0 Å². The molecule has 0 aliphatic carbocycles. The van der Waals surface area contributed by atoms with E-state index in [2.05, 4.69) is 5.32 Å². The van der Waals surface area contributed by atoms with Crippen LogP contribution in [0.5, 0.6) is 0 Å². The lowest BCUT2D eigenvalue weighted by atomic mass is 10.1. The Hall–Kier alpha value is -1.55. The van der Waals surface area contributed by atoms with Crippen molar-refractivity contribution in [3.63, 3.8) is 0 Å². The second-order valence-electron chi connectivity index (χ2n) is 3.38. The minimum absolute atomic E-state index is 0.130. The van der Waals surface area contributed by atoms with E-state index in [1.807, 2.05) is 0 Å². The summed E-state index contributed by atoms with van der Waals surface area (Å²) in [7, 11) is 0. The van der Waals surface area contributed by atoms with Gasteiger partial charge in [-0.2, -0.15) is 0 Å². The highest BCUT2D eigenvalue weighted by Gasteiger charge is 2.10. The molecule has 0 spiro atoms. The van der Waals surface area contributed by atoms with Crippen molar-refractivity contribution >= 4 is 23.4 Å². The third-order valence-corrected chi connectivity index (χ3v) is 2.58. The van der Waals surface area contributed by atoms with Gasteiger partial charge in [0.05, 0.1) is 0 Å². The van der Waals surface area contributed by atoms with E-state index in [4.69, 9.17) is 17.3 Å². The van der Waals surface area contributed by atoms with Gasteiger partial charge in [-0.1, -0.05) is 17.7 Å². The SMILES string of the molecule is Cc1c(Cl)cccc1C(=O)NCCC(N)=O. The summed E-state index contributed by atoms with van der Waals surface area (Å²) < 4.78 is 0. The Labute approximate surface area is 98.8 Å². The van der Waals surface area contributed by atoms with Crippen molar-refractivity contribution in [1.29, 1.82) is 0 Å². The van der Waals surface area contributed by atoms with E-state index in [9.17, 15) is 9.59 Å². The molecule has 0 bridgehead atoms. The Kier molecular flexibility index (Phi) is 4.31. The van der Waals surface area contributed by atoms with Crippen LogP contribution < -0.4 is 11.1 Å². The summed E-state index contributed by atoms with van der Waals surface area (Å²) in [4.78, 5) is 22.2. The maximum Gasteiger partial charge on any atom is 0.251 e. The highest BCUT2D eigenvalue weighted by molar-refractivity contribution is 6.31. The third-order valence-electron chi connectivity index (χ3n) is 2.17. The fourth-order valence-corrected chi connectivity index (χ4v) is 1.42. The van der Waals surface area contributed by atoms with Gasteiger partial charge in [0.2, 0.25) is 5.91 Å². The molecule has 0 radical (unpaired) electrons. The van der Waals surface area contributed by atoms with Crippen LogP contribution >= 0.6 is 11.6 Å². The molecule has 86 valence electrons. The predicted octanol–water partition coefficient (Wildman–Crippen LogP) is 1.25. The number of halogens is 1. The van der Waals surface area contributed by atoms with Crippen LogP contribution in [0.15, 0.2) is 18.2 Å². The van der Waals surface area contributed by atoms with E-state index in [0.29, 0.717) is 10.6 Å². The number of benzene rings is 1. The average Bonchev–Trinajstić information content (AvgIpc) is 2.21. The molecular weight excluding hydrogens is 228 g/mol. The first-order valence-electron chi connectivity index (χ1n) is 4.84. The monoisotopic (exact) mass is 240 g/mol. The van der Waals surface area contributed by atoms with Gasteiger partial charge in [0.1, 0.15) is 0 Å². The molecule has 0 aromatic heterocycles. The highest BCUT2D eigenvalue weighted by Crippen LogP contribution is 2.18. The van der Waals surface area contributed by atoms with Crippen molar-refractivity contribution in [2.24, 2.45) is 5.73 Å². The van der Waals surface area contributed by atoms with Crippen LogP contribution in [-0.2, 0) is 4.79 Å². The summed E-state index contributed by atoms with van der Waals surface area (Å²) in [6.45, 7) is 2.01. The highest BCUT2D eigenvalue weighted by atomic mass is 35.5. The molecule has 0 saturated heterocycles. The average molecular weight is 241 g/mol. The number of rotatable bonds is 4. The van der Waals surface area contributed by atoms with Gasteiger partial charge in [0.15, 0.2) is 0 Å². The standard InChI is InChI=1S/C11H13ClN2O2/c1-7-8(3-2-4-9(7)12)11(16)14-6-5-10(13)15/h2-4H,5-6H2,1H3,(H2,13,15)(H,14,16). The van der Waals surface area contributed by atoms with Crippen molar-refractivity contribution in [2.45, 2.75) is 13.3 Å². The Bertz CT molecular complexity index is 418. The summed E-state index contributed by atoms with van der Waals surface area (Å²) in [5.74, 6) is -0.690. The molecule has 0 heterocycles. The lowest BCUT2D eigenvalue weighted by Crippen LogP contribution is -2.28. The molecule has 4 nitrogen and oxygen atoms in total. The van der Waals surface area contributed by atoms with Crippen LogP contribution in [-0.4, -0.2) is 18.4 Å². The van der Waals surface area contributed by atoms with E-state index in [0.717, 1.165) is 5.56 Å². The van der Waals surface area contributed by atoms with E-state index < -0.39 is 5.91 Å². The normalized spacial score (nSPS) is 9.88. The molecule has 16 heavy (non-hydrogen) atoms. The van der Waals surface area contributed by atoms with Crippen molar-refractivity contribution in [3.8, 4) is 0 Å². The molecule has 0 unspecified atom stereocenters. The second-order valence-corrected chi connectivity index (χ2v) is 3.79. The summed E-state index contributed by atoms with van der Waals surface area (Å²) in [6, 6.07) is 5.11. The molecule has 5 heteroatoms. The molecule has 0 aliphatic heterocycles. The molecule has 0 aliphatic rings. The smallest absolute Gasteiger partial charge is 0.251 e. The Morgan fingerprint density at radius 3 is 2.75 bits per heavy atom. The number of hydrogen-bond acceptors (Lipinski definition) is 2. The third kappa shape index (κ3) is 3.24. The zero-order valence-corrected chi connectivity index (χ0v) is 9.67. The molecular formula is C11H13ClN2O2. The quantitative estimate of drug-likeness (QED) is 0.832. The van der Waals surface area contributed by atoms with Crippen molar-refractivity contribution in [3.05, 3.63) is 34.3 Å². The van der Waals surface area contributed by atoms with E-state index >= 15 is 0 Å². The lowest BCUT2D eigenvalue weighted by Gasteiger charge is -2.07. The van der Waals surface area contributed by atoms with Gasteiger partial charge < -0.3 is 11.1 Å². The summed E-state index contributed by atoms with van der Waals surface area (Å²) in [5.41, 5.74) is 6.19. The number of carbonyl (C=O) groups is 2. The molecule has 1 aromatic rings. The van der Waals surface area contributed by atoms with E-state index in [1.54, 1.807) is 25.1 Å². The first-order valence-corrected chi connectivity index (χ1v) is 5.21. The number of nitrogens with one attached hydrogen (secondary N) is 1. The Morgan fingerprint density at radius 2 is 2.12 bits per heavy atom. The van der Waals surface area contributed by atoms with Crippen LogP contribution in [0.1, 0.15) is 22.3 Å². The minimum Gasteiger partial charge on any atom is -0.370 e. The van der Waals surface area contributed by atoms with Gasteiger partial charge in [-0.15, -0.1) is 0 Å². The number of hydrogen-bond donors (Lipinski definition) is 2. The first-order chi connectivity index (χ1) is 7.52. The topological polar surface area (TPSA) is 72.2 Å². The maximum atomic E-state index is 11.7. The van der Waals surface area contributed by atoms with Crippen LogP contribution in [0.2, 0.25) is 5.02 Å². The van der Waals surface area contributed by atoms with Crippen LogP contribution in [0.3, 0.4) is 0 Å².